The first-order valence-corrected chi connectivity index (χ1v) is 2.93. The molecule has 1 unspecified atom stereocenters. The van der Waals surface area contributed by atoms with Crippen LogP contribution in [0.1, 0.15) is 12.8 Å². The lowest BCUT2D eigenvalue weighted by molar-refractivity contribution is 0.537. The standard InChI is InChI=1S/C8H11O/c1-3-5-8(4-2)6-7-9/h3-4,8H,1-2,5-6H2. The molecule has 0 aromatic heterocycles. The number of hydrogen-bond acceptors (Lipinski definition) is 1. The van der Waals surface area contributed by atoms with E-state index in [1.807, 2.05) is 6.29 Å². The van der Waals surface area contributed by atoms with E-state index in [-0.39, 0.29) is 5.92 Å². The Bertz CT molecular complexity index is 95.1. The van der Waals surface area contributed by atoms with Gasteiger partial charge in [-0.15, -0.1) is 13.2 Å². The van der Waals surface area contributed by atoms with Crippen molar-refractivity contribution in [1.29, 1.82) is 0 Å². The van der Waals surface area contributed by atoms with Crippen molar-refractivity contribution in [2.24, 2.45) is 5.92 Å². The Labute approximate surface area is 56.1 Å². The predicted molar refractivity (Wildman–Crippen MR) is 38.8 cm³/mol. The molecule has 49 valence electrons. The minimum absolute atomic E-state index is 0.236. The van der Waals surface area contributed by atoms with E-state index >= 15 is 0 Å². The van der Waals surface area contributed by atoms with E-state index in [1.165, 1.54) is 0 Å². The van der Waals surface area contributed by atoms with Gasteiger partial charge in [0, 0.05) is 6.42 Å². The molecule has 0 spiro atoms. The minimum atomic E-state index is 0.236. The Morgan fingerprint density at radius 3 is 2.56 bits per heavy atom. The Hall–Kier alpha value is -0.850. The largest absolute Gasteiger partial charge is 0.291 e. The third-order valence-electron chi connectivity index (χ3n) is 1.15. The molecule has 0 bridgehead atoms. The summed E-state index contributed by atoms with van der Waals surface area (Å²) in [6.07, 6.45) is 6.63. The van der Waals surface area contributed by atoms with Crippen molar-refractivity contribution in [3.05, 3.63) is 25.3 Å². The maximum atomic E-state index is 9.84. The lowest BCUT2D eigenvalue weighted by Crippen LogP contribution is -1.93. The molecular weight excluding hydrogens is 112 g/mol. The van der Waals surface area contributed by atoms with E-state index in [2.05, 4.69) is 13.2 Å². The van der Waals surface area contributed by atoms with E-state index in [0.717, 1.165) is 6.42 Å². The number of carbonyl (C=O) groups excluding carboxylic acids is 1. The van der Waals surface area contributed by atoms with Gasteiger partial charge in [-0.25, -0.2) is 0 Å². The summed E-state index contributed by atoms with van der Waals surface area (Å²) in [6, 6.07) is 0. The normalized spacial score (nSPS) is 12.0. The summed E-state index contributed by atoms with van der Waals surface area (Å²) >= 11 is 0. The summed E-state index contributed by atoms with van der Waals surface area (Å²) in [5.74, 6) is 0.236. The fourth-order valence-electron chi connectivity index (χ4n) is 0.584. The SMILES string of the molecule is C=CCC(C=C)C[C]=O. The van der Waals surface area contributed by atoms with Gasteiger partial charge in [0.05, 0.1) is 0 Å². The van der Waals surface area contributed by atoms with Gasteiger partial charge in [-0.1, -0.05) is 12.2 Å². The van der Waals surface area contributed by atoms with Gasteiger partial charge in [0.2, 0.25) is 0 Å². The van der Waals surface area contributed by atoms with Crippen LogP contribution in [-0.2, 0) is 4.79 Å². The van der Waals surface area contributed by atoms with E-state index in [0.29, 0.717) is 6.42 Å². The summed E-state index contributed by atoms with van der Waals surface area (Å²) < 4.78 is 0. The first-order valence-electron chi connectivity index (χ1n) is 2.93. The summed E-state index contributed by atoms with van der Waals surface area (Å²) in [5.41, 5.74) is 0. The molecule has 1 nitrogen and oxygen atoms in total. The molecule has 1 atom stereocenters. The van der Waals surface area contributed by atoms with Crippen LogP contribution in [0.2, 0.25) is 0 Å². The number of rotatable bonds is 5. The summed E-state index contributed by atoms with van der Waals surface area (Å²) in [6.45, 7) is 7.12. The molecule has 0 N–H and O–H groups in total. The minimum Gasteiger partial charge on any atom is -0.291 e. The predicted octanol–water partition coefficient (Wildman–Crippen LogP) is 1.86. The summed E-state index contributed by atoms with van der Waals surface area (Å²) in [5, 5.41) is 0. The lowest BCUT2D eigenvalue weighted by atomic mass is 10.0. The molecule has 0 aliphatic heterocycles. The smallest absolute Gasteiger partial charge is 0.199 e. The van der Waals surface area contributed by atoms with E-state index in [4.69, 9.17) is 0 Å². The Kier molecular flexibility index (Phi) is 4.79. The maximum absolute atomic E-state index is 9.84. The van der Waals surface area contributed by atoms with Crippen molar-refractivity contribution in [2.75, 3.05) is 0 Å². The second-order valence-corrected chi connectivity index (χ2v) is 1.87. The van der Waals surface area contributed by atoms with Gasteiger partial charge in [-0.05, 0) is 12.3 Å². The van der Waals surface area contributed by atoms with Crippen molar-refractivity contribution in [3.8, 4) is 0 Å². The highest BCUT2D eigenvalue weighted by Gasteiger charge is 1.98. The third-order valence-corrected chi connectivity index (χ3v) is 1.15. The van der Waals surface area contributed by atoms with Gasteiger partial charge in [0.15, 0.2) is 6.29 Å². The van der Waals surface area contributed by atoms with Crippen LogP contribution in [0.15, 0.2) is 25.3 Å². The van der Waals surface area contributed by atoms with Gasteiger partial charge < -0.3 is 0 Å². The molecule has 1 radical (unpaired) electrons. The highest BCUT2D eigenvalue weighted by molar-refractivity contribution is 5.51. The maximum Gasteiger partial charge on any atom is 0.199 e. The van der Waals surface area contributed by atoms with Crippen LogP contribution in [0.3, 0.4) is 0 Å². The van der Waals surface area contributed by atoms with Crippen molar-refractivity contribution >= 4 is 6.29 Å². The monoisotopic (exact) mass is 123 g/mol. The fourth-order valence-corrected chi connectivity index (χ4v) is 0.584. The van der Waals surface area contributed by atoms with Gasteiger partial charge >= 0.3 is 0 Å². The van der Waals surface area contributed by atoms with Crippen LogP contribution in [0, 0.1) is 5.92 Å². The average molecular weight is 123 g/mol. The second-order valence-electron chi connectivity index (χ2n) is 1.87. The Morgan fingerprint density at radius 2 is 2.22 bits per heavy atom. The van der Waals surface area contributed by atoms with E-state index in [1.54, 1.807) is 12.2 Å². The van der Waals surface area contributed by atoms with E-state index < -0.39 is 0 Å². The van der Waals surface area contributed by atoms with Crippen LogP contribution in [0.25, 0.3) is 0 Å². The molecule has 0 amide bonds. The zero-order valence-corrected chi connectivity index (χ0v) is 5.47. The van der Waals surface area contributed by atoms with Crippen molar-refractivity contribution in [3.63, 3.8) is 0 Å². The van der Waals surface area contributed by atoms with Crippen LogP contribution >= 0.6 is 0 Å². The molecule has 0 saturated heterocycles. The fraction of sp³-hybridized carbons (Fsp3) is 0.375. The molecule has 0 saturated carbocycles. The first kappa shape index (κ1) is 8.15. The van der Waals surface area contributed by atoms with Crippen molar-refractivity contribution in [1.82, 2.24) is 0 Å². The zero-order chi connectivity index (χ0) is 7.11. The molecule has 0 aromatic carbocycles. The molecule has 0 aliphatic carbocycles. The quantitative estimate of drug-likeness (QED) is 0.510. The average Bonchev–Trinajstić information content (AvgIpc) is 1.88. The summed E-state index contributed by atoms with van der Waals surface area (Å²) in [7, 11) is 0. The molecule has 9 heavy (non-hydrogen) atoms. The van der Waals surface area contributed by atoms with Gasteiger partial charge in [-0.3, -0.25) is 4.79 Å². The molecule has 0 aromatic rings. The Balaban J connectivity index is 3.51. The van der Waals surface area contributed by atoms with Crippen LogP contribution < -0.4 is 0 Å². The molecule has 0 fully saturated rings. The number of allylic oxidation sites excluding steroid dienone is 2. The Morgan fingerprint density at radius 1 is 1.56 bits per heavy atom. The second kappa shape index (κ2) is 5.29. The van der Waals surface area contributed by atoms with Gasteiger partial charge in [0.1, 0.15) is 0 Å². The summed E-state index contributed by atoms with van der Waals surface area (Å²) in [4.78, 5) is 9.84. The molecular formula is C8H11O. The van der Waals surface area contributed by atoms with Crippen LogP contribution in [0.5, 0.6) is 0 Å². The topological polar surface area (TPSA) is 17.1 Å². The van der Waals surface area contributed by atoms with Gasteiger partial charge in [-0.2, -0.15) is 0 Å². The van der Waals surface area contributed by atoms with Crippen LogP contribution in [0.4, 0.5) is 0 Å². The molecule has 0 aliphatic rings. The molecule has 0 heterocycles. The highest BCUT2D eigenvalue weighted by atomic mass is 16.1. The first-order chi connectivity index (χ1) is 4.35. The van der Waals surface area contributed by atoms with E-state index in [9.17, 15) is 4.79 Å². The van der Waals surface area contributed by atoms with Crippen molar-refractivity contribution in [2.45, 2.75) is 12.8 Å². The lowest BCUT2D eigenvalue weighted by Gasteiger charge is -2.01. The zero-order valence-electron chi connectivity index (χ0n) is 5.47. The molecule has 0 rings (SSSR count). The van der Waals surface area contributed by atoms with Gasteiger partial charge in [0.25, 0.3) is 0 Å². The number of hydrogen-bond donors (Lipinski definition) is 0. The molecule has 1 heteroatoms. The van der Waals surface area contributed by atoms with Crippen molar-refractivity contribution < 1.29 is 4.79 Å². The highest BCUT2D eigenvalue weighted by Crippen LogP contribution is 2.07. The third kappa shape index (κ3) is 3.71. The van der Waals surface area contributed by atoms with Crippen LogP contribution in [-0.4, -0.2) is 6.29 Å².